The van der Waals surface area contributed by atoms with Gasteiger partial charge in [-0.05, 0) is 30.7 Å². The zero-order valence-corrected chi connectivity index (χ0v) is 13.5. The molecule has 0 unspecified atom stereocenters. The molecular formula is C18H17F2NO4. The molecule has 3 rings (SSSR count). The number of rotatable bonds is 4. The van der Waals surface area contributed by atoms with Crippen LogP contribution in [0.2, 0.25) is 0 Å². The average Bonchev–Trinajstić information content (AvgIpc) is 3.14. The molecule has 0 saturated carbocycles. The van der Waals surface area contributed by atoms with E-state index in [9.17, 15) is 23.5 Å². The fourth-order valence-corrected chi connectivity index (χ4v) is 3.22. The number of carbonyl (C=O) groups is 2. The second kappa shape index (κ2) is 6.66. The van der Waals surface area contributed by atoms with Crippen LogP contribution < -0.4 is 0 Å². The van der Waals surface area contributed by atoms with Crippen molar-refractivity contribution in [1.82, 2.24) is 4.90 Å². The van der Waals surface area contributed by atoms with Gasteiger partial charge < -0.3 is 14.4 Å². The monoisotopic (exact) mass is 349 g/mol. The van der Waals surface area contributed by atoms with Gasteiger partial charge in [0.1, 0.15) is 23.2 Å². The molecule has 1 aromatic carbocycles. The molecule has 132 valence electrons. The Hall–Kier alpha value is -2.70. The predicted molar refractivity (Wildman–Crippen MR) is 84.0 cm³/mol. The van der Waals surface area contributed by atoms with Crippen LogP contribution in [0.5, 0.6) is 0 Å². The van der Waals surface area contributed by atoms with E-state index >= 15 is 0 Å². The number of furan rings is 1. The lowest BCUT2D eigenvalue weighted by atomic mass is 9.88. The second-order valence-corrected chi connectivity index (χ2v) is 6.20. The van der Waals surface area contributed by atoms with Gasteiger partial charge in [-0.2, -0.15) is 0 Å². The van der Waals surface area contributed by atoms with Gasteiger partial charge >= 0.3 is 5.97 Å². The van der Waals surface area contributed by atoms with Gasteiger partial charge in [-0.15, -0.1) is 0 Å². The van der Waals surface area contributed by atoms with Crippen LogP contribution >= 0.6 is 0 Å². The standard InChI is InChI=1S/C18H17F2NO4/c1-10-2-4-12(25-10)7-17(22)21-8-14(15(9-21)18(23)24)13-5-3-11(19)6-16(13)20/h2-6,14-15H,7-9H2,1H3,(H,23,24)/t14-,15+/m1/s1. The number of likely N-dealkylation sites (tertiary alicyclic amines) is 1. The maximum atomic E-state index is 14.1. The summed E-state index contributed by atoms with van der Waals surface area (Å²) in [5.74, 6) is -3.42. The first kappa shape index (κ1) is 17.1. The van der Waals surface area contributed by atoms with E-state index < -0.39 is 29.4 Å². The Labute approximate surface area is 142 Å². The molecule has 7 heteroatoms. The zero-order valence-electron chi connectivity index (χ0n) is 13.5. The van der Waals surface area contributed by atoms with Gasteiger partial charge in [0.2, 0.25) is 5.91 Å². The first-order valence-electron chi connectivity index (χ1n) is 7.86. The van der Waals surface area contributed by atoms with Crippen LogP contribution in [-0.2, 0) is 16.0 Å². The summed E-state index contributed by atoms with van der Waals surface area (Å²) >= 11 is 0. The Morgan fingerprint density at radius 3 is 2.60 bits per heavy atom. The highest BCUT2D eigenvalue weighted by atomic mass is 19.1. The molecule has 0 aliphatic carbocycles. The molecule has 1 amide bonds. The number of benzene rings is 1. The van der Waals surface area contributed by atoms with Crippen LogP contribution in [0.1, 0.15) is 23.0 Å². The van der Waals surface area contributed by atoms with Gasteiger partial charge in [-0.3, -0.25) is 9.59 Å². The Balaban J connectivity index is 1.80. The number of carboxylic acid groups (broad SMARTS) is 1. The van der Waals surface area contributed by atoms with Crippen molar-refractivity contribution >= 4 is 11.9 Å². The third-order valence-electron chi connectivity index (χ3n) is 4.47. The molecule has 0 bridgehead atoms. The topological polar surface area (TPSA) is 70.8 Å². The van der Waals surface area contributed by atoms with E-state index in [0.717, 1.165) is 12.1 Å². The van der Waals surface area contributed by atoms with E-state index in [1.54, 1.807) is 19.1 Å². The van der Waals surface area contributed by atoms with E-state index in [4.69, 9.17) is 4.42 Å². The lowest BCUT2D eigenvalue weighted by molar-refractivity contribution is -0.141. The first-order chi connectivity index (χ1) is 11.8. The molecule has 0 radical (unpaired) electrons. The third kappa shape index (κ3) is 3.55. The molecule has 2 aromatic rings. The quantitative estimate of drug-likeness (QED) is 0.921. The molecular weight excluding hydrogens is 332 g/mol. The number of aryl methyl sites for hydroxylation is 1. The fraction of sp³-hybridized carbons (Fsp3) is 0.333. The van der Waals surface area contributed by atoms with Crippen molar-refractivity contribution in [1.29, 1.82) is 0 Å². The molecule has 1 aliphatic rings. The van der Waals surface area contributed by atoms with Crippen LogP contribution in [0.15, 0.2) is 34.7 Å². The lowest BCUT2D eigenvalue weighted by Gasteiger charge is -2.16. The van der Waals surface area contributed by atoms with Crippen molar-refractivity contribution < 1.29 is 27.9 Å². The van der Waals surface area contributed by atoms with Crippen LogP contribution in [0.4, 0.5) is 8.78 Å². The van der Waals surface area contributed by atoms with E-state index in [1.807, 2.05) is 0 Å². The van der Waals surface area contributed by atoms with Crippen molar-refractivity contribution in [2.45, 2.75) is 19.3 Å². The van der Waals surface area contributed by atoms with Gasteiger partial charge in [0.25, 0.3) is 0 Å². The Morgan fingerprint density at radius 1 is 1.24 bits per heavy atom. The van der Waals surface area contributed by atoms with Gasteiger partial charge in [-0.25, -0.2) is 8.78 Å². The third-order valence-corrected chi connectivity index (χ3v) is 4.47. The summed E-state index contributed by atoms with van der Waals surface area (Å²) in [5.41, 5.74) is 0.109. The number of hydrogen-bond acceptors (Lipinski definition) is 3. The smallest absolute Gasteiger partial charge is 0.308 e. The minimum absolute atomic E-state index is 0.0127. The van der Waals surface area contributed by atoms with Crippen molar-refractivity contribution in [3.63, 3.8) is 0 Å². The van der Waals surface area contributed by atoms with Crippen molar-refractivity contribution in [3.8, 4) is 0 Å². The van der Waals surface area contributed by atoms with E-state index in [-0.39, 0.29) is 31.0 Å². The maximum Gasteiger partial charge on any atom is 0.308 e. The van der Waals surface area contributed by atoms with Crippen LogP contribution in [0.25, 0.3) is 0 Å². The van der Waals surface area contributed by atoms with E-state index in [0.29, 0.717) is 11.5 Å². The maximum absolute atomic E-state index is 14.1. The summed E-state index contributed by atoms with van der Waals surface area (Å²) in [4.78, 5) is 25.4. The van der Waals surface area contributed by atoms with Gasteiger partial charge in [0, 0.05) is 25.1 Å². The molecule has 2 heterocycles. The van der Waals surface area contributed by atoms with Crippen LogP contribution in [0.3, 0.4) is 0 Å². The summed E-state index contributed by atoms with van der Waals surface area (Å²) in [5, 5.41) is 9.43. The van der Waals surface area contributed by atoms with Crippen molar-refractivity contribution in [2.75, 3.05) is 13.1 Å². The van der Waals surface area contributed by atoms with Crippen LogP contribution in [0, 0.1) is 24.5 Å². The predicted octanol–water partition coefficient (Wildman–Crippen LogP) is 2.74. The van der Waals surface area contributed by atoms with Gasteiger partial charge in [0.15, 0.2) is 0 Å². The number of nitrogens with zero attached hydrogens (tertiary/aromatic N) is 1. The minimum atomic E-state index is -1.11. The normalized spacial score (nSPS) is 20.0. The molecule has 1 saturated heterocycles. The fourth-order valence-electron chi connectivity index (χ4n) is 3.22. The molecule has 1 fully saturated rings. The summed E-state index contributed by atoms with van der Waals surface area (Å²) in [6.07, 6.45) is 0.0127. The molecule has 1 aromatic heterocycles. The van der Waals surface area contributed by atoms with Crippen LogP contribution in [-0.4, -0.2) is 35.0 Å². The highest BCUT2D eigenvalue weighted by molar-refractivity contribution is 5.81. The highest BCUT2D eigenvalue weighted by Gasteiger charge is 2.41. The lowest BCUT2D eigenvalue weighted by Crippen LogP contribution is -2.31. The van der Waals surface area contributed by atoms with Gasteiger partial charge in [0.05, 0.1) is 12.3 Å². The first-order valence-corrected chi connectivity index (χ1v) is 7.86. The zero-order chi connectivity index (χ0) is 18.1. The molecule has 1 aliphatic heterocycles. The molecule has 5 nitrogen and oxygen atoms in total. The molecule has 1 N–H and O–H groups in total. The Morgan fingerprint density at radius 2 is 2.00 bits per heavy atom. The number of carbonyl (C=O) groups excluding carboxylic acids is 1. The number of hydrogen-bond donors (Lipinski definition) is 1. The summed E-state index contributed by atoms with van der Waals surface area (Å²) in [6.45, 7) is 1.81. The number of halogens is 2. The van der Waals surface area contributed by atoms with E-state index in [2.05, 4.69) is 0 Å². The molecule has 2 atom stereocenters. The summed E-state index contributed by atoms with van der Waals surface area (Å²) in [6, 6.07) is 6.49. The molecule has 25 heavy (non-hydrogen) atoms. The highest BCUT2D eigenvalue weighted by Crippen LogP contribution is 2.35. The van der Waals surface area contributed by atoms with Crippen molar-refractivity contribution in [3.05, 3.63) is 59.1 Å². The summed E-state index contributed by atoms with van der Waals surface area (Å²) in [7, 11) is 0. The van der Waals surface area contributed by atoms with Crippen molar-refractivity contribution in [2.24, 2.45) is 5.92 Å². The minimum Gasteiger partial charge on any atom is -0.481 e. The Kier molecular flexibility index (Phi) is 4.57. The number of carboxylic acids is 1. The average molecular weight is 349 g/mol. The molecule has 0 spiro atoms. The Bertz CT molecular complexity index is 817. The largest absolute Gasteiger partial charge is 0.481 e. The second-order valence-electron chi connectivity index (χ2n) is 6.20. The number of aliphatic carboxylic acids is 1. The van der Waals surface area contributed by atoms with Gasteiger partial charge in [-0.1, -0.05) is 6.07 Å². The SMILES string of the molecule is Cc1ccc(CC(=O)N2C[C@H](C(=O)O)[C@@H](c3ccc(F)cc3F)C2)o1. The van der Waals surface area contributed by atoms with E-state index in [1.165, 1.54) is 11.0 Å². The number of amides is 1. The summed E-state index contributed by atoms with van der Waals surface area (Å²) < 4.78 is 32.5.